The maximum atomic E-state index is 11.4. The van der Waals surface area contributed by atoms with Gasteiger partial charge in [0, 0.05) is 6.08 Å². The second-order valence-corrected chi connectivity index (χ2v) is 3.62. The first-order chi connectivity index (χ1) is 8.29. The van der Waals surface area contributed by atoms with Crippen LogP contribution in [-0.2, 0) is 14.3 Å². The smallest absolute Gasteiger partial charge is 0.332 e. The van der Waals surface area contributed by atoms with E-state index in [4.69, 9.17) is 14.7 Å². The fourth-order valence-corrected chi connectivity index (χ4v) is 1.30. The molecule has 0 amide bonds. The number of benzene rings is 1. The van der Waals surface area contributed by atoms with Crippen LogP contribution in [0.25, 0.3) is 5.57 Å². The van der Waals surface area contributed by atoms with Crippen molar-refractivity contribution in [1.82, 2.24) is 0 Å². The van der Waals surface area contributed by atoms with E-state index in [9.17, 15) is 4.79 Å². The van der Waals surface area contributed by atoms with Gasteiger partial charge in [-0.2, -0.15) is 5.26 Å². The van der Waals surface area contributed by atoms with Gasteiger partial charge >= 0.3 is 5.97 Å². The lowest BCUT2D eigenvalue weighted by Crippen LogP contribution is -2.07. The number of nitrogens with zero attached hydrogens (tertiary/aromatic N) is 1. The average molecular weight is 229 g/mol. The van der Waals surface area contributed by atoms with Crippen molar-refractivity contribution in [2.24, 2.45) is 0 Å². The van der Waals surface area contributed by atoms with E-state index in [0.29, 0.717) is 17.7 Å². The molecule has 1 saturated heterocycles. The van der Waals surface area contributed by atoms with E-state index in [2.05, 4.69) is 0 Å². The highest BCUT2D eigenvalue weighted by atomic mass is 16.6. The van der Waals surface area contributed by atoms with Crippen LogP contribution in [0.5, 0.6) is 0 Å². The van der Waals surface area contributed by atoms with Crippen LogP contribution in [0.3, 0.4) is 0 Å². The molecule has 4 heteroatoms. The number of rotatable bonds is 4. The van der Waals surface area contributed by atoms with Gasteiger partial charge in [0.25, 0.3) is 0 Å². The van der Waals surface area contributed by atoms with Gasteiger partial charge in [0.1, 0.15) is 18.8 Å². The number of allylic oxidation sites excluding steroid dienone is 1. The first kappa shape index (κ1) is 11.4. The number of carbonyl (C=O) groups excluding carboxylic acids is 1. The number of esters is 1. The molecular formula is C13H11NO3. The maximum Gasteiger partial charge on any atom is 0.332 e. The third-order valence-electron chi connectivity index (χ3n) is 2.28. The number of ether oxygens (including phenoxy) is 2. The number of carbonyl (C=O) groups is 1. The van der Waals surface area contributed by atoms with E-state index >= 15 is 0 Å². The molecule has 1 aliphatic heterocycles. The monoisotopic (exact) mass is 229 g/mol. The molecule has 4 nitrogen and oxygen atoms in total. The van der Waals surface area contributed by atoms with Gasteiger partial charge in [0.2, 0.25) is 0 Å². The van der Waals surface area contributed by atoms with Crippen LogP contribution in [0.15, 0.2) is 36.4 Å². The van der Waals surface area contributed by atoms with Crippen LogP contribution >= 0.6 is 0 Å². The van der Waals surface area contributed by atoms with E-state index in [0.717, 1.165) is 0 Å². The largest absolute Gasteiger partial charge is 0.460 e. The van der Waals surface area contributed by atoms with Gasteiger partial charge in [0.15, 0.2) is 0 Å². The first-order valence-corrected chi connectivity index (χ1v) is 5.25. The molecule has 0 bridgehead atoms. The number of hydrogen-bond acceptors (Lipinski definition) is 4. The lowest BCUT2D eigenvalue weighted by molar-refractivity contribution is -0.138. The SMILES string of the molecule is N#CC(=CC(=O)OCC1CO1)c1ccccc1. The van der Waals surface area contributed by atoms with Gasteiger partial charge in [-0.05, 0) is 5.56 Å². The highest BCUT2D eigenvalue weighted by Crippen LogP contribution is 2.13. The van der Waals surface area contributed by atoms with Crippen LogP contribution in [0, 0.1) is 11.3 Å². The summed E-state index contributed by atoms with van der Waals surface area (Å²) in [6.07, 6.45) is 1.24. The minimum Gasteiger partial charge on any atom is -0.460 e. The summed E-state index contributed by atoms with van der Waals surface area (Å²) in [4.78, 5) is 11.4. The summed E-state index contributed by atoms with van der Waals surface area (Å²) in [5.41, 5.74) is 1.00. The molecular weight excluding hydrogens is 218 g/mol. The summed E-state index contributed by atoms with van der Waals surface area (Å²) < 4.78 is 9.84. The van der Waals surface area contributed by atoms with Crippen molar-refractivity contribution < 1.29 is 14.3 Å². The van der Waals surface area contributed by atoms with Crippen molar-refractivity contribution in [1.29, 1.82) is 5.26 Å². The highest BCUT2D eigenvalue weighted by Gasteiger charge is 2.23. The van der Waals surface area contributed by atoms with Gasteiger partial charge in [-0.15, -0.1) is 0 Å². The van der Waals surface area contributed by atoms with Crippen LogP contribution < -0.4 is 0 Å². The molecule has 0 spiro atoms. The summed E-state index contributed by atoms with van der Waals surface area (Å²) >= 11 is 0. The third-order valence-corrected chi connectivity index (χ3v) is 2.28. The Bertz CT molecular complexity index is 469. The standard InChI is InChI=1S/C13H11NO3/c14-7-11(10-4-2-1-3-5-10)6-13(15)17-9-12-8-16-12/h1-6,12H,8-9H2. The van der Waals surface area contributed by atoms with Gasteiger partial charge in [-0.1, -0.05) is 30.3 Å². The predicted octanol–water partition coefficient (Wildman–Crippen LogP) is 1.54. The summed E-state index contributed by atoms with van der Waals surface area (Å²) in [5.74, 6) is -0.513. The summed E-state index contributed by atoms with van der Waals surface area (Å²) in [5, 5.41) is 8.97. The predicted molar refractivity (Wildman–Crippen MR) is 60.7 cm³/mol. The third kappa shape index (κ3) is 3.44. The molecule has 1 unspecified atom stereocenters. The molecule has 2 rings (SSSR count). The molecule has 0 radical (unpaired) electrons. The lowest BCUT2D eigenvalue weighted by atomic mass is 10.1. The average Bonchev–Trinajstić information content (AvgIpc) is 3.18. The Hall–Kier alpha value is -2.12. The van der Waals surface area contributed by atoms with E-state index in [1.165, 1.54) is 6.08 Å². The Labute approximate surface area is 99.1 Å². The molecule has 17 heavy (non-hydrogen) atoms. The van der Waals surface area contributed by atoms with Crippen molar-refractivity contribution in [2.45, 2.75) is 6.10 Å². The Morgan fingerprint density at radius 3 is 2.82 bits per heavy atom. The molecule has 86 valence electrons. The van der Waals surface area contributed by atoms with Crippen LogP contribution in [0.4, 0.5) is 0 Å². The second-order valence-electron chi connectivity index (χ2n) is 3.62. The fraction of sp³-hybridized carbons (Fsp3) is 0.231. The number of nitriles is 1. The van der Waals surface area contributed by atoms with Crippen LogP contribution in [0.2, 0.25) is 0 Å². The van der Waals surface area contributed by atoms with Crippen LogP contribution in [0.1, 0.15) is 5.56 Å². The molecule has 1 aromatic rings. The van der Waals surface area contributed by atoms with Crippen molar-refractivity contribution in [2.75, 3.05) is 13.2 Å². The summed E-state index contributed by atoms with van der Waals surface area (Å²) in [6, 6.07) is 11.0. The molecule has 1 heterocycles. The van der Waals surface area contributed by atoms with Gasteiger partial charge in [-0.3, -0.25) is 0 Å². The lowest BCUT2D eigenvalue weighted by Gasteiger charge is -2.00. The minimum absolute atomic E-state index is 0.0367. The Balaban J connectivity index is 2.01. The summed E-state index contributed by atoms with van der Waals surface area (Å²) in [6.45, 7) is 0.892. The number of hydrogen-bond donors (Lipinski definition) is 0. The zero-order valence-corrected chi connectivity index (χ0v) is 9.13. The number of epoxide rings is 1. The van der Waals surface area contributed by atoms with E-state index in [1.54, 1.807) is 12.1 Å². The fourth-order valence-electron chi connectivity index (χ4n) is 1.30. The molecule has 0 N–H and O–H groups in total. The van der Waals surface area contributed by atoms with Crippen molar-refractivity contribution in [3.8, 4) is 6.07 Å². The van der Waals surface area contributed by atoms with Crippen molar-refractivity contribution in [3.05, 3.63) is 42.0 Å². The molecule has 1 aliphatic rings. The Morgan fingerprint density at radius 1 is 1.53 bits per heavy atom. The minimum atomic E-state index is -0.513. The van der Waals surface area contributed by atoms with Gasteiger partial charge in [0.05, 0.1) is 12.2 Å². The molecule has 0 aromatic heterocycles. The molecule has 1 fully saturated rings. The topological polar surface area (TPSA) is 62.6 Å². The second kappa shape index (κ2) is 5.28. The van der Waals surface area contributed by atoms with Crippen molar-refractivity contribution in [3.63, 3.8) is 0 Å². The molecule has 1 aromatic carbocycles. The zero-order valence-electron chi connectivity index (χ0n) is 9.13. The normalized spacial score (nSPS) is 18.3. The van der Waals surface area contributed by atoms with E-state index in [1.807, 2.05) is 24.3 Å². The van der Waals surface area contributed by atoms with Gasteiger partial charge < -0.3 is 9.47 Å². The van der Waals surface area contributed by atoms with Crippen molar-refractivity contribution >= 4 is 11.5 Å². The Morgan fingerprint density at radius 2 is 2.24 bits per heavy atom. The maximum absolute atomic E-state index is 11.4. The quantitative estimate of drug-likeness (QED) is 0.340. The molecule has 1 atom stereocenters. The van der Waals surface area contributed by atoms with E-state index < -0.39 is 5.97 Å². The molecule has 0 aliphatic carbocycles. The summed E-state index contributed by atoms with van der Waals surface area (Å²) in [7, 11) is 0. The van der Waals surface area contributed by atoms with Gasteiger partial charge in [-0.25, -0.2) is 4.79 Å². The zero-order chi connectivity index (χ0) is 12.1. The first-order valence-electron chi connectivity index (χ1n) is 5.25. The van der Waals surface area contributed by atoms with E-state index in [-0.39, 0.29) is 12.7 Å². The van der Waals surface area contributed by atoms with Crippen LogP contribution in [-0.4, -0.2) is 25.3 Å². The highest BCUT2D eigenvalue weighted by molar-refractivity contribution is 5.95. The molecule has 0 saturated carbocycles. The Kier molecular flexibility index (Phi) is 3.53.